The van der Waals surface area contributed by atoms with E-state index < -0.39 is 0 Å². The number of hydrogen-bond acceptors (Lipinski definition) is 2. The molecule has 3 aliphatic rings. The van der Waals surface area contributed by atoms with Crippen LogP contribution in [0.1, 0.15) is 25.7 Å². The predicted molar refractivity (Wildman–Crippen MR) is 33.3 cm³/mol. The van der Waals surface area contributed by atoms with E-state index in [0.717, 1.165) is 25.7 Å². The van der Waals surface area contributed by atoms with Gasteiger partial charge in [-0.25, -0.2) is 0 Å². The third-order valence-corrected chi connectivity index (χ3v) is 3.49. The Balaban J connectivity index is 2.12. The topological polar surface area (TPSA) is 34.1 Å². The Hall–Kier alpha value is -0.660. The van der Waals surface area contributed by atoms with Gasteiger partial charge in [0.05, 0.1) is 0 Å². The first-order valence-electron chi connectivity index (χ1n) is 3.82. The zero-order chi connectivity index (χ0) is 6.98. The van der Waals surface area contributed by atoms with Gasteiger partial charge in [-0.3, -0.25) is 9.59 Å². The molecule has 0 atom stereocenters. The summed E-state index contributed by atoms with van der Waals surface area (Å²) in [6, 6.07) is 0. The molecule has 52 valence electrons. The van der Waals surface area contributed by atoms with E-state index in [1.54, 1.807) is 0 Å². The molecule has 0 unspecified atom stereocenters. The second-order valence-electron chi connectivity index (χ2n) is 3.82. The molecular formula is C8H8O2. The van der Waals surface area contributed by atoms with Crippen LogP contribution in [0.25, 0.3) is 0 Å². The molecule has 0 heterocycles. The predicted octanol–water partition coefficient (Wildman–Crippen LogP) is 0.699. The minimum absolute atomic E-state index is 0.0509. The van der Waals surface area contributed by atoms with Gasteiger partial charge in [-0.05, 0) is 25.7 Å². The van der Waals surface area contributed by atoms with Crippen LogP contribution >= 0.6 is 0 Å². The van der Waals surface area contributed by atoms with E-state index in [9.17, 15) is 9.59 Å². The van der Waals surface area contributed by atoms with Gasteiger partial charge in [-0.2, -0.15) is 0 Å². The lowest BCUT2D eigenvalue weighted by molar-refractivity contribution is -0.156. The second kappa shape index (κ2) is 0.987. The number of carbonyl (C=O) groups is 2. The minimum atomic E-state index is -0.0793. The molecule has 2 heteroatoms. The minimum Gasteiger partial charge on any atom is -0.290 e. The first kappa shape index (κ1) is 5.05. The fraction of sp³-hybridized carbons (Fsp3) is 0.750. The van der Waals surface area contributed by atoms with Crippen molar-refractivity contribution in [2.24, 2.45) is 10.8 Å². The molecule has 3 fully saturated rings. The van der Waals surface area contributed by atoms with Gasteiger partial charge in [-0.1, -0.05) is 0 Å². The van der Waals surface area contributed by atoms with E-state index in [4.69, 9.17) is 0 Å². The molecule has 0 amide bonds. The van der Waals surface area contributed by atoms with Crippen molar-refractivity contribution in [1.82, 2.24) is 0 Å². The maximum absolute atomic E-state index is 11.1. The van der Waals surface area contributed by atoms with Gasteiger partial charge in [-0.15, -0.1) is 0 Å². The van der Waals surface area contributed by atoms with E-state index in [2.05, 4.69) is 0 Å². The van der Waals surface area contributed by atoms with Crippen molar-refractivity contribution in [2.75, 3.05) is 0 Å². The van der Waals surface area contributed by atoms with Gasteiger partial charge in [0.1, 0.15) is 0 Å². The monoisotopic (exact) mass is 136 g/mol. The maximum atomic E-state index is 11.1. The fourth-order valence-electron chi connectivity index (χ4n) is 2.47. The number of ketones is 2. The SMILES string of the molecule is O=C1C(=O)C2(CC2)C12CC2. The Kier molecular flexibility index (Phi) is 0.498. The Morgan fingerprint density at radius 2 is 1.10 bits per heavy atom. The summed E-state index contributed by atoms with van der Waals surface area (Å²) in [7, 11) is 0. The normalized spacial score (nSPS) is 36.4. The number of carbonyl (C=O) groups excluding carboxylic acids is 2. The summed E-state index contributed by atoms with van der Waals surface area (Å²) in [6.45, 7) is 0. The third-order valence-electron chi connectivity index (χ3n) is 3.49. The van der Waals surface area contributed by atoms with Crippen LogP contribution in [-0.4, -0.2) is 11.6 Å². The average Bonchev–Trinajstić information content (AvgIpc) is 2.74. The number of fused-ring (bicyclic) bond motifs is 1. The van der Waals surface area contributed by atoms with Crippen molar-refractivity contribution in [3.05, 3.63) is 0 Å². The van der Waals surface area contributed by atoms with E-state index >= 15 is 0 Å². The molecule has 0 aromatic carbocycles. The Bertz CT molecular complexity index is 228. The van der Waals surface area contributed by atoms with Crippen LogP contribution in [0, 0.1) is 10.8 Å². The van der Waals surface area contributed by atoms with Gasteiger partial charge < -0.3 is 0 Å². The summed E-state index contributed by atoms with van der Waals surface area (Å²) in [5, 5.41) is 0. The zero-order valence-corrected chi connectivity index (χ0v) is 5.64. The molecule has 0 bridgehead atoms. The van der Waals surface area contributed by atoms with E-state index in [0.29, 0.717) is 0 Å². The molecule has 10 heavy (non-hydrogen) atoms. The van der Waals surface area contributed by atoms with Crippen molar-refractivity contribution in [3.63, 3.8) is 0 Å². The highest BCUT2D eigenvalue weighted by Crippen LogP contribution is 2.77. The number of Topliss-reactive ketones (excluding diaryl/α,β-unsaturated/α-hetero) is 2. The average molecular weight is 136 g/mol. The van der Waals surface area contributed by atoms with Crippen LogP contribution < -0.4 is 0 Å². The summed E-state index contributed by atoms with van der Waals surface area (Å²) in [5.41, 5.74) is -0.159. The van der Waals surface area contributed by atoms with Gasteiger partial charge in [0.2, 0.25) is 11.6 Å². The highest BCUT2D eigenvalue weighted by molar-refractivity contribution is 6.50. The fourth-order valence-corrected chi connectivity index (χ4v) is 2.47. The first-order valence-corrected chi connectivity index (χ1v) is 3.82. The molecule has 2 spiro atoms. The quantitative estimate of drug-likeness (QED) is 0.459. The van der Waals surface area contributed by atoms with Crippen molar-refractivity contribution in [3.8, 4) is 0 Å². The zero-order valence-electron chi connectivity index (χ0n) is 5.64. The Morgan fingerprint density at radius 3 is 1.30 bits per heavy atom. The summed E-state index contributed by atoms with van der Waals surface area (Å²) in [4.78, 5) is 22.1. The molecule has 0 aromatic heterocycles. The molecule has 3 rings (SSSR count). The molecular weight excluding hydrogens is 128 g/mol. The maximum Gasteiger partial charge on any atom is 0.206 e. The van der Waals surface area contributed by atoms with Gasteiger partial charge in [0.15, 0.2) is 0 Å². The largest absolute Gasteiger partial charge is 0.290 e. The lowest BCUT2D eigenvalue weighted by atomic mass is 9.64. The van der Waals surface area contributed by atoms with Gasteiger partial charge in [0, 0.05) is 10.8 Å². The summed E-state index contributed by atoms with van der Waals surface area (Å²) in [6.07, 6.45) is 3.99. The standard InChI is InChI=1S/C8H8O2/c9-5-6(10)8(3-4-8)7(5)1-2-7/h1-4H2. The van der Waals surface area contributed by atoms with Crippen LogP contribution in [0.5, 0.6) is 0 Å². The highest BCUT2D eigenvalue weighted by atomic mass is 16.2. The van der Waals surface area contributed by atoms with E-state index in [-0.39, 0.29) is 22.4 Å². The molecule has 3 aliphatic carbocycles. The first-order chi connectivity index (χ1) is 4.73. The lowest BCUT2D eigenvalue weighted by Gasteiger charge is -2.33. The molecule has 3 saturated carbocycles. The molecule has 0 N–H and O–H groups in total. The highest BCUT2D eigenvalue weighted by Gasteiger charge is 2.82. The lowest BCUT2D eigenvalue weighted by Crippen LogP contribution is -2.52. The van der Waals surface area contributed by atoms with Gasteiger partial charge >= 0.3 is 0 Å². The van der Waals surface area contributed by atoms with Crippen molar-refractivity contribution in [2.45, 2.75) is 25.7 Å². The van der Waals surface area contributed by atoms with Crippen LogP contribution in [0.15, 0.2) is 0 Å². The molecule has 0 saturated heterocycles. The van der Waals surface area contributed by atoms with Crippen LogP contribution in [0.2, 0.25) is 0 Å². The summed E-state index contributed by atoms with van der Waals surface area (Å²) >= 11 is 0. The van der Waals surface area contributed by atoms with E-state index in [1.165, 1.54) is 0 Å². The Labute approximate surface area is 58.6 Å². The van der Waals surface area contributed by atoms with Crippen LogP contribution in [-0.2, 0) is 9.59 Å². The molecule has 0 aromatic rings. The van der Waals surface area contributed by atoms with Crippen molar-refractivity contribution >= 4 is 11.6 Å². The van der Waals surface area contributed by atoms with Crippen molar-refractivity contribution in [1.29, 1.82) is 0 Å². The third kappa shape index (κ3) is 0.250. The summed E-state index contributed by atoms with van der Waals surface area (Å²) in [5.74, 6) is -0.102. The second-order valence-corrected chi connectivity index (χ2v) is 3.82. The van der Waals surface area contributed by atoms with Crippen molar-refractivity contribution < 1.29 is 9.59 Å². The molecule has 0 radical (unpaired) electrons. The van der Waals surface area contributed by atoms with E-state index in [1.807, 2.05) is 0 Å². The van der Waals surface area contributed by atoms with Crippen LogP contribution in [0.3, 0.4) is 0 Å². The molecule has 0 aliphatic heterocycles. The van der Waals surface area contributed by atoms with Crippen LogP contribution in [0.4, 0.5) is 0 Å². The smallest absolute Gasteiger partial charge is 0.206 e. The number of hydrogen-bond donors (Lipinski definition) is 0. The number of rotatable bonds is 0. The Morgan fingerprint density at radius 1 is 0.800 bits per heavy atom. The molecule has 2 nitrogen and oxygen atoms in total. The van der Waals surface area contributed by atoms with Gasteiger partial charge in [0.25, 0.3) is 0 Å². The summed E-state index contributed by atoms with van der Waals surface area (Å²) < 4.78 is 0.